The number of carbonyl (C=O) groups is 1. The van der Waals surface area contributed by atoms with E-state index in [0.717, 1.165) is 97.2 Å². The summed E-state index contributed by atoms with van der Waals surface area (Å²) >= 11 is 0. The number of aromatic nitrogens is 3. The molecule has 2 aliphatic carbocycles. The van der Waals surface area contributed by atoms with Crippen LogP contribution >= 0.6 is 0 Å². The Labute approximate surface area is 198 Å². The van der Waals surface area contributed by atoms with E-state index in [1.807, 2.05) is 22.9 Å². The second kappa shape index (κ2) is 8.58. The van der Waals surface area contributed by atoms with E-state index in [9.17, 15) is 15.1 Å². The van der Waals surface area contributed by atoms with Crippen LogP contribution in [0.5, 0.6) is 0 Å². The maximum Gasteiger partial charge on any atom is 0.325 e. The van der Waals surface area contributed by atoms with Crippen LogP contribution in [0, 0.1) is 0 Å². The van der Waals surface area contributed by atoms with E-state index in [0.29, 0.717) is 12.0 Å². The van der Waals surface area contributed by atoms with Gasteiger partial charge in [-0.25, -0.2) is 0 Å². The molecule has 0 spiro atoms. The molecule has 0 unspecified atom stereocenters. The third-order valence-electron chi connectivity index (χ3n) is 7.60. The second-order valence-corrected chi connectivity index (χ2v) is 10.1. The van der Waals surface area contributed by atoms with Crippen LogP contribution in [0.25, 0.3) is 10.9 Å². The van der Waals surface area contributed by atoms with Gasteiger partial charge in [0.15, 0.2) is 0 Å². The van der Waals surface area contributed by atoms with Crippen molar-refractivity contribution < 1.29 is 19.8 Å². The van der Waals surface area contributed by atoms with E-state index in [1.165, 1.54) is 0 Å². The van der Waals surface area contributed by atoms with Crippen LogP contribution < -0.4 is 14.9 Å². The summed E-state index contributed by atoms with van der Waals surface area (Å²) in [6.45, 7) is 1.90. The van der Waals surface area contributed by atoms with Gasteiger partial charge in [-0.15, -0.1) is 0 Å². The summed E-state index contributed by atoms with van der Waals surface area (Å²) in [7, 11) is 0. The Kier molecular flexibility index (Phi) is 5.40. The fraction of sp³-hybridized carbons (Fsp3) is 0.500. The first-order valence-corrected chi connectivity index (χ1v) is 12.6. The number of fused-ring (bicyclic) bond motifs is 1. The number of pyridine rings is 1. The molecule has 1 amide bonds. The molecule has 0 bridgehead atoms. The average Bonchev–Trinajstić information content (AvgIpc) is 3.36. The quantitative estimate of drug-likeness (QED) is 0.396. The number of hydrogen-bond donors (Lipinski definition) is 3. The molecule has 8 nitrogen and oxygen atoms in total. The number of anilines is 2. The number of carbonyl (C=O) groups excluding carboxylic acids is 1. The van der Waals surface area contributed by atoms with Gasteiger partial charge in [0.05, 0.1) is 29.0 Å². The van der Waals surface area contributed by atoms with E-state index in [-0.39, 0.29) is 17.7 Å². The molecule has 3 aromatic rings. The van der Waals surface area contributed by atoms with Crippen molar-refractivity contribution in [2.45, 2.75) is 69.4 Å². The SMILES string of the molecule is O=C(Nc1cc2cn([C@H]3CC[C@H](O)CC3)nc2cc1N1CCCC1)c1cccc(C2CC2)[n+]1O. The van der Waals surface area contributed by atoms with Crippen molar-refractivity contribution in [1.82, 2.24) is 9.78 Å². The van der Waals surface area contributed by atoms with Crippen molar-refractivity contribution in [1.29, 1.82) is 0 Å². The summed E-state index contributed by atoms with van der Waals surface area (Å²) in [5.74, 6) is 0.0134. The highest BCUT2D eigenvalue weighted by Gasteiger charge is 2.36. The molecule has 6 rings (SSSR count). The molecule has 34 heavy (non-hydrogen) atoms. The summed E-state index contributed by atoms with van der Waals surface area (Å²) < 4.78 is 3.09. The lowest BCUT2D eigenvalue weighted by Gasteiger charge is -2.25. The highest BCUT2D eigenvalue weighted by atomic mass is 16.5. The number of nitrogens with one attached hydrogen (secondary N) is 1. The summed E-state index contributed by atoms with van der Waals surface area (Å²) in [5.41, 5.74) is 3.68. The molecule has 1 saturated heterocycles. The summed E-state index contributed by atoms with van der Waals surface area (Å²) in [6.07, 6.45) is 9.67. The van der Waals surface area contributed by atoms with Gasteiger partial charge in [0.2, 0.25) is 5.69 Å². The predicted molar refractivity (Wildman–Crippen MR) is 128 cm³/mol. The molecule has 2 saturated carbocycles. The van der Waals surface area contributed by atoms with Crippen molar-refractivity contribution in [2.75, 3.05) is 23.3 Å². The van der Waals surface area contributed by atoms with Crippen molar-refractivity contribution in [3.05, 3.63) is 47.9 Å². The molecule has 1 aromatic carbocycles. The van der Waals surface area contributed by atoms with Gasteiger partial charge in [0.1, 0.15) is 0 Å². The molecule has 0 radical (unpaired) electrons. The van der Waals surface area contributed by atoms with Crippen molar-refractivity contribution in [2.24, 2.45) is 0 Å². The first kappa shape index (κ1) is 21.4. The Bertz CT molecular complexity index is 1220. The molecular formula is C26H32N5O3+. The van der Waals surface area contributed by atoms with E-state index in [2.05, 4.69) is 22.5 Å². The zero-order valence-corrected chi connectivity index (χ0v) is 19.4. The molecule has 178 valence electrons. The van der Waals surface area contributed by atoms with Crippen molar-refractivity contribution >= 4 is 28.2 Å². The summed E-state index contributed by atoms with van der Waals surface area (Å²) in [6, 6.07) is 9.76. The van der Waals surface area contributed by atoms with Crippen LogP contribution in [-0.2, 0) is 0 Å². The van der Waals surface area contributed by atoms with Gasteiger partial charge in [0, 0.05) is 47.5 Å². The number of aliphatic hydroxyl groups excluding tert-OH is 1. The zero-order chi connectivity index (χ0) is 23.2. The number of rotatable bonds is 5. The maximum atomic E-state index is 13.3. The molecule has 3 fully saturated rings. The fourth-order valence-electron chi connectivity index (χ4n) is 5.47. The van der Waals surface area contributed by atoms with E-state index in [4.69, 9.17) is 5.10 Å². The van der Waals surface area contributed by atoms with Crippen LogP contribution in [0.4, 0.5) is 11.4 Å². The van der Waals surface area contributed by atoms with Gasteiger partial charge in [-0.3, -0.25) is 14.7 Å². The standard InChI is InChI=1S/C26H31N5O3/c32-20-10-8-19(9-11-20)30-16-18-14-22(25(15-21(18)28-30)29-12-1-2-13-29)27-26(33)24-5-3-4-23(31(24)34)17-6-7-17/h3-5,14-17,19-20,32H,1-2,6-13H2,(H-,27,33,34)/p+1/t19-,20-. The first-order chi connectivity index (χ1) is 16.6. The van der Waals surface area contributed by atoms with Crippen molar-refractivity contribution in [3.8, 4) is 0 Å². The summed E-state index contributed by atoms with van der Waals surface area (Å²) in [5, 5.41) is 29.5. The Hall–Kier alpha value is -3.13. The van der Waals surface area contributed by atoms with Gasteiger partial charge in [-0.2, -0.15) is 5.10 Å². The monoisotopic (exact) mass is 462 g/mol. The Morgan fingerprint density at radius 2 is 1.82 bits per heavy atom. The molecule has 0 atom stereocenters. The van der Waals surface area contributed by atoms with Crippen LogP contribution in [0.1, 0.15) is 79.5 Å². The zero-order valence-electron chi connectivity index (χ0n) is 19.4. The molecule has 1 aliphatic heterocycles. The summed E-state index contributed by atoms with van der Waals surface area (Å²) in [4.78, 5) is 15.6. The lowest BCUT2D eigenvalue weighted by Crippen LogP contribution is -2.43. The molecule has 3 N–H and O–H groups in total. The smallest absolute Gasteiger partial charge is 0.325 e. The third-order valence-corrected chi connectivity index (χ3v) is 7.60. The normalized spacial score (nSPS) is 22.9. The predicted octanol–water partition coefficient (Wildman–Crippen LogP) is 3.77. The molecule has 8 heteroatoms. The van der Waals surface area contributed by atoms with Gasteiger partial charge in [-0.1, -0.05) is 0 Å². The van der Waals surface area contributed by atoms with Gasteiger partial charge in [0.25, 0.3) is 0 Å². The highest BCUT2D eigenvalue weighted by Crippen LogP contribution is 2.38. The molecule has 2 aromatic heterocycles. The average molecular weight is 463 g/mol. The van der Waals surface area contributed by atoms with E-state index in [1.54, 1.807) is 6.07 Å². The molecule has 3 aliphatic rings. The first-order valence-electron chi connectivity index (χ1n) is 12.6. The minimum atomic E-state index is -0.321. The number of hydrogen-bond acceptors (Lipinski definition) is 5. The molecular weight excluding hydrogens is 430 g/mol. The van der Waals surface area contributed by atoms with Gasteiger partial charge >= 0.3 is 11.6 Å². The minimum Gasteiger partial charge on any atom is -0.393 e. The number of amides is 1. The number of benzene rings is 1. The van der Waals surface area contributed by atoms with E-state index >= 15 is 0 Å². The van der Waals surface area contributed by atoms with Crippen LogP contribution in [0.15, 0.2) is 36.5 Å². The van der Waals surface area contributed by atoms with Gasteiger partial charge < -0.3 is 15.3 Å². The number of nitrogens with zero attached hydrogens (tertiary/aromatic N) is 4. The molecule has 3 heterocycles. The van der Waals surface area contributed by atoms with Crippen LogP contribution in [-0.4, -0.2) is 45.2 Å². The van der Waals surface area contributed by atoms with Gasteiger partial charge in [-0.05, 0) is 69.6 Å². The Balaban J connectivity index is 1.34. The Morgan fingerprint density at radius 3 is 2.56 bits per heavy atom. The lowest BCUT2D eigenvalue weighted by molar-refractivity contribution is -0.910. The van der Waals surface area contributed by atoms with E-state index < -0.39 is 0 Å². The lowest BCUT2D eigenvalue weighted by atomic mass is 9.93. The fourth-order valence-corrected chi connectivity index (χ4v) is 5.47. The third kappa shape index (κ3) is 4.00. The topological polar surface area (TPSA) is 94.5 Å². The van der Waals surface area contributed by atoms with Crippen molar-refractivity contribution in [3.63, 3.8) is 0 Å². The second-order valence-electron chi connectivity index (χ2n) is 10.1. The number of aliphatic hydroxyl groups is 1. The minimum absolute atomic E-state index is 0.197. The van der Waals surface area contributed by atoms with Crippen LogP contribution in [0.2, 0.25) is 0 Å². The Morgan fingerprint density at radius 1 is 1.06 bits per heavy atom. The van der Waals surface area contributed by atoms with Crippen LogP contribution in [0.3, 0.4) is 0 Å². The highest BCUT2D eigenvalue weighted by molar-refractivity contribution is 6.05. The largest absolute Gasteiger partial charge is 0.393 e. The maximum absolute atomic E-state index is 13.3.